The zero-order valence-corrected chi connectivity index (χ0v) is 11.6. The second kappa shape index (κ2) is 5.42. The number of rotatable bonds is 2. The van der Waals surface area contributed by atoms with Crippen molar-refractivity contribution in [3.8, 4) is 10.4 Å². The van der Waals surface area contributed by atoms with Crippen LogP contribution in [0.15, 0.2) is 54.6 Å². The molecule has 0 amide bonds. The van der Waals surface area contributed by atoms with Crippen LogP contribution in [0.1, 0.15) is 0 Å². The molecule has 3 aromatic rings. The Morgan fingerprint density at radius 2 is 1.56 bits per heavy atom. The van der Waals surface area contributed by atoms with Gasteiger partial charge in [-0.15, -0.1) is 23.7 Å². The summed E-state index contributed by atoms with van der Waals surface area (Å²) in [6, 6.07) is 19.1. The van der Waals surface area contributed by atoms with Crippen LogP contribution in [0, 0.1) is 0 Å². The lowest BCUT2D eigenvalue weighted by atomic mass is 10.1. The van der Waals surface area contributed by atoms with E-state index in [-0.39, 0.29) is 12.4 Å². The van der Waals surface area contributed by atoms with E-state index >= 15 is 0 Å². The third-order valence-electron chi connectivity index (χ3n) is 2.88. The quantitative estimate of drug-likeness (QED) is 0.691. The molecule has 0 spiro atoms. The number of hydrogen-bond donors (Lipinski definition) is 1. The fraction of sp³-hybridized carbons (Fsp3) is 0.0667. The summed E-state index contributed by atoms with van der Waals surface area (Å²) in [6.45, 7) is 0. The van der Waals surface area contributed by atoms with Crippen molar-refractivity contribution >= 4 is 39.5 Å². The van der Waals surface area contributed by atoms with Crippen LogP contribution in [-0.2, 0) is 0 Å². The second-order valence-electron chi connectivity index (χ2n) is 3.92. The van der Waals surface area contributed by atoms with Gasteiger partial charge in [0, 0.05) is 17.1 Å². The van der Waals surface area contributed by atoms with Crippen molar-refractivity contribution < 1.29 is 0 Å². The van der Waals surface area contributed by atoms with Crippen molar-refractivity contribution in [1.29, 1.82) is 0 Å². The molecule has 3 rings (SSSR count). The minimum atomic E-state index is 0. The Balaban J connectivity index is 0.00000120. The highest BCUT2D eigenvalue weighted by atomic mass is 35.5. The summed E-state index contributed by atoms with van der Waals surface area (Å²) in [5, 5.41) is 4.63. The van der Waals surface area contributed by atoms with E-state index in [9.17, 15) is 0 Å². The number of nitrogens with one attached hydrogen (secondary N) is 1. The third-order valence-corrected chi connectivity index (χ3v) is 4.10. The van der Waals surface area contributed by atoms with Gasteiger partial charge < -0.3 is 5.32 Å². The van der Waals surface area contributed by atoms with Gasteiger partial charge in [-0.1, -0.05) is 48.5 Å². The van der Waals surface area contributed by atoms with E-state index < -0.39 is 0 Å². The number of hydrogen-bond acceptors (Lipinski definition) is 2. The Morgan fingerprint density at radius 3 is 2.28 bits per heavy atom. The maximum Gasteiger partial charge on any atom is 0.0606 e. The highest BCUT2D eigenvalue weighted by Gasteiger charge is 2.11. The number of thiophene rings is 1. The monoisotopic (exact) mass is 275 g/mol. The molecule has 1 heterocycles. The molecule has 0 saturated carbocycles. The average Bonchev–Trinajstić information content (AvgIpc) is 2.78. The van der Waals surface area contributed by atoms with Crippen LogP contribution in [0.4, 0.5) is 5.69 Å². The molecule has 0 aliphatic rings. The molecule has 92 valence electrons. The fourth-order valence-electron chi connectivity index (χ4n) is 2.09. The second-order valence-corrected chi connectivity index (χ2v) is 4.97. The van der Waals surface area contributed by atoms with Crippen molar-refractivity contribution in [2.45, 2.75) is 0 Å². The molecular weight excluding hydrogens is 262 g/mol. The molecule has 1 nitrogen and oxygen atoms in total. The summed E-state index contributed by atoms with van der Waals surface area (Å²) < 4.78 is 1.33. The van der Waals surface area contributed by atoms with Crippen LogP contribution in [0.25, 0.3) is 20.5 Å². The van der Waals surface area contributed by atoms with Crippen molar-refractivity contribution in [3.63, 3.8) is 0 Å². The minimum absolute atomic E-state index is 0. The van der Waals surface area contributed by atoms with E-state index in [0.29, 0.717) is 0 Å². The van der Waals surface area contributed by atoms with Crippen LogP contribution in [0.5, 0.6) is 0 Å². The molecule has 3 heteroatoms. The number of halogens is 1. The topological polar surface area (TPSA) is 12.0 Å². The zero-order valence-electron chi connectivity index (χ0n) is 10.0. The van der Waals surface area contributed by atoms with Crippen LogP contribution >= 0.6 is 23.7 Å². The lowest BCUT2D eigenvalue weighted by Crippen LogP contribution is -1.88. The molecule has 0 unspecified atom stereocenters. The largest absolute Gasteiger partial charge is 0.386 e. The van der Waals surface area contributed by atoms with E-state index in [1.54, 1.807) is 0 Å². The van der Waals surface area contributed by atoms with E-state index in [2.05, 4.69) is 59.9 Å². The van der Waals surface area contributed by atoms with Gasteiger partial charge in [0.25, 0.3) is 0 Å². The zero-order chi connectivity index (χ0) is 11.7. The fourth-order valence-corrected chi connectivity index (χ4v) is 3.30. The van der Waals surface area contributed by atoms with Gasteiger partial charge in [-0.2, -0.15) is 0 Å². The first-order chi connectivity index (χ1) is 8.40. The summed E-state index contributed by atoms with van der Waals surface area (Å²) in [7, 11) is 1.99. The molecule has 0 saturated heterocycles. The lowest BCUT2D eigenvalue weighted by Gasteiger charge is -2.03. The van der Waals surface area contributed by atoms with E-state index in [0.717, 1.165) is 0 Å². The van der Waals surface area contributed by atoms with Gasteiger partial charge in [-0.25, -0.2) is 0 Å². The highest BCUT2D eigenvalue weighted by Crippen LogP contribution is 2.42. The minimum Gasteiger partial charge on any atom is -0.386 e. The van der Waals surface area contributed by atoms with Crippen LogP contribution in [0.2, 0.25) is 0 Å². The first kappa shape index (κ1) is 12.9. The molecule has 0 atom stereocenters. The maximum atomic E-state index is 3.33. The Labute approximate surface area is 117 Å². The smallest absolute Gasteiger partial charge is 0.0606 e. The Morgan fingerprint density at radius 1 is 0.889 bits per heavy atom. The van der Waals surface area contributed by atoms with Gasteiger partial charge in [0.05, 0.1) is 10.6 Å². The number of anilines is 1. The first-order valence-electron chi connectivity index (χ1n) is 5.65. The first-order valence-corrected chi connectivity index (χ1v) is 6.46. The maximum absolute atomic E-state index is 3.33. The van der Waals surface area contributed by atoms with E-state index in [1.807, 2.05) is 18.4 Å². The third kappa shape index (κ3) is 2.09. The predicted octanol–water partition coefficient (Wildman–Crippen LogP) is 5.03. The molecule has 0 radical (unpaired) electrons. The Kier molecular flexibility index (Phi) is 3.90. The number of benzene rings is 2. The van der Waals surface area contributed by atoms with Crippen molar-refractivity contribution in [3.05, 3.63) is 54.6 Å². The van der Waals surface area contributed by atoms with Gasteiger partial charge in [-0.05, 0) is 11.6 Å². The summed E-state index contributed by atoms with van der Waals surface area (Å²) in [5.74, 6) is 0. The Hall–Kier alpha value is -1.51. The van der Waals surface area contributed by atoms with E-state index in [4.69, 9.17) is 0 Å². The molecule has 18 heavy (non-hydrogen) atoms. The molecule has 0 bridgehead atoms. The standard InChI is InChI=1S/C15H13NS.ClH/c1-16-14-12-9-5-6-10-13(12)17-15(14)11-7-3-2-4-8-11;/h2-10,16H,1H3;1H. The summed E-state index contributed by atoms with van der Waals surface area (Å²) in [6.07, 6.45) is 0. The highest BCUT2D eigenvalue weighted by molar-refractivity contribution is 7.23. The van der Waals surface area contributed by atoms with E-state index in [1.165, 1.54) is 26.2 Å². The summed E-state index contributed by atoms with van der Waals surface area (Å²) >= 11 is 1.84. The molecule has 2 aromatic carbocycles. The lowest BCUT2D eigenvalue weighted by molar-refractivity contribution is 1.57. The van der Waals surface area contributed by atoms with Gasteiger partial charge in [0.2, 0.25) is 0 Å². The number of fused-ring (bicyclic) bond motifs is 1. The SMILES string of the molecule is CNc1c(-c2ccccc2)sc2ccccc12.Cl. The van der Waals surface area contributed by atoms with Crippen molar-refractivity contribution in [2.75, 3.05) is 12.4 Å². The van der Waals surface area contributed by atoms with Crippen LogP contribution < -0.4 is 5.32 Å². The molecule has 0 fully saturated rings. The van der Waals surface area contributed by atoms with Crippen molar-refractivity contribution in [2.24, 2.45) is 0 Å². The summed E-state index contributed by atoms with van der Waals surface area (Å²) in [4.78, 5) is 1.31. The van der Waals surface area contributed by atoms with Crippen LogP contribution in [-0.4, -0.2) is 7.05 Å². The van der Waals surface area contributed by atoms with Gasteiger partial charge in [0.15, 0.2) is 0 Å². The van der Waals surface area contributed by atoms with Gasteiger partial charge >= 0.3 is 0 Å². The van der Waals surface area contributed by atoms with Crippen molar-refractivity contribution in [1.82, 2.24) is 0 Å². The van der Waals surface area contributed by atoms with Gasteiger partial charge in [0.1, 0.15) is 0 Å². The molecule has 0 aliphatic heterocycles. The molecule has 0 aliphatic carbocycles. The molecule has 1 N–H and O–H groups in total. The van der Waals surface area contributed by atoms with Gasteiger partial charge in [-0.3, -0.25) is 0 Å². The Bertz CT molecular complexity index is 646. The summed E-state index contributed by atoms with van der Waals surface area (Å²) in [5.41, 5.74) is 2.51. The van der Waals surface area contributed by atoms with Crippen LogP contribution in [0.3, 0.4) is 0 Å². The molecule has 1 aromatic heterocycles. The normalized spacial score (nSPS) is 10.1. The molecular formula is C15H14ClNS. The predicted molar refractivity (Wildman–Crippen MR) is 84.1 cm³/mol. The average molecular weight is 276 g/mol.